The Labute approximate surface area is 397 Å². The Morgan fingerprint density at radius 2 is 1.12 bits per heavy atom. The number of carbonyl (C=O) groups is 3. The van der Waals surface area contributed by atoms with Crippen LogP contribution in [0.15, 0.2) is 79.3 Å². The van der Waals surface area contributed by atoms with Crippen molar-refractivity contribution < 1.29 is 39.2 Å². The van der Waals surface area contributed by atoms with Gasteiger partial charge in [0.25, 0.3) is 0 Å². The second-order valence-electron chi connectivity index (χ2n) is 16.6. The van der Waals surface area contributed by atoms with E-state index in [1.54, 1.807) is 24.7 Å². The SMILES string of the molecule is CCCCOC(C)c1ccc2[nH]c3cnc(C(=O)O)cc3c2c1.CCOC(C)c1ccc2[nH]c3cnc(C(=O)O)c(CC)c3c2c1.CCSC(C)c1ccc2[nH]c3cnc(C(=O)O)c(C)c3c2c1. The van der Waals surface area contributed by atoms with Gasteiger partial charge in [-0.05, 0) is 123 Å². The molecular weight excluding hydrogens is 881 g/mol. The van der Waals surface area contributed by atoms with Crippen molar-refractivity contribution in [3.63, 3.8) is 0 Å². The molecule has 3 atom stereocenters. The molecule has 15 heteroatoms. The molecule has 6 heterocycles. The minimum atomic E-state index is -1.02. The van der Waals surface area contributed by atoms with Gasteiger partial charge in [-0.25, -0.2) is 29.3 Å². The normalized spacial score (nSPS) is 12.8. The van der Waals surface area contributed by atoms with Crippen LogP contribution < -0.4 is 0 Å². The number of hydrogen-bond donors (Lipinski definition) is 6. The quantitative estimate of drug-likeness (QED) is 0.0529. The molecular formula is C53H58N6O8S. The maximum atomic E-state index is 11.4. The zero-order chi connectivity index (χ0) is 48.8. The third kappa shape index (κ3) is 10.2. The van der Waals surface area contributed by atoms with E-state index in [2.05, 4.69) is 81.0 Å². The summed E-state index contributed by atoms with van der Waals surface area (Å²) in [5.41, 5.74) is 10.7. The summed E-state index contributed by atoms with van der Waals surface area (Å²) in [4.78, 5) is 55.9. The molecule has 0 saturated heterocycles. The second kappa shape index (κ2) is 21.4. The Balaban J connectivity index is 0.000000151. The van der Waals surface area contributed by atoms with Crippen molar-refractivity contribution in [1.29, 1.82) is 0 Å². The van der Waals surface area contributed by atoms with Crippen molar-refractivity contribution in [1.82, 2.24) is 29.9 Å². The van der Waals surface area contributed by atoms with E-state index >= 15 is 0 Å². The van der Waals surface area contributed by atoms with Crippen LogP contribution in [-0.4, -0.2) is 82.1 Å². The number of H-pyrrole nitrogens is 3. The van der Waals surface area contributed by atoms with Crippen molar-refractivity contribution >= 4 is 95.1 Å². The van der Waals surface area contributed by atoms with Crippen LogP contribution >= 0.6 is 11.8 Å². The molecule has 0 aliphatic carbocycles. The average molecular weight is 939 g/mol. The smallest absolute Gasteiger partial charge is 0.354 e. The van der Waals surface area contributed by atoms with E-state index < -0.39 is 17.9 Å². The number of aromatic carboxylic acids is 3. The van der Waals surface area contributed by atoms with Gasteiger partial charge in [0, 0.05) is 67.3 Å². The first kappa shape index (κ1) is 49.1. The molecule has 0 fully saturated rings. The summed E-state index contributed by atoms with van der Waals surface area (Å²) in [5, 5.41) is 34.1. The Morgan fingerprint density at radius 1 is 0.603 bits per heavy atom. The third-order valence-corrected chi connectivity index (χ3v) is 13.4. The van der Waals surface area contributed by atoms with Crippen molar-refractivity contribution in [3.05, 3.63) is 124 Å². The molecule has 9 aromatic rings. The van der Waals surface area contributed by atoms with Crippen LogP contribution in [0.4, 0.5) is 0 Å². The number of unbranched alkanes of at least 4 members (excludes halogenated alkanes) is 1. The summed E-state index contributed by atoms with van der Waals surface area (Å²) >= 11 is 1.90. The highest BCUT2D eigenvalue weighted by Gasteiger charge is 2.20. The monoisotopic (exact) mass is 938 g/mol. The number of carboxylic acids is 3. The number of benzene rings is 3. The minimum absolute atomic E-state index is 0.000193. The molecule has 9 rings (SSSR count). The number of ether oxygens (including phenoxy) is 2. The van der Waals surface area contributed by atoms with Gasteiger partial charge in [0.2, 0.25) is 0 Å². The lowest BCUT2D eigenvalue weighted by atomic mass is 10.0. The fraction of sp³-hybridized carbons (Fsp3) is 0.321. The second-order valence-corrected chi connectivity index (χ2v) is 18.2. The van der Waals surface area contributed by atoms with E-state index in [4.69, 9.17) is 14.6 Å². The molecule has 6 aromatic heterocycles. The predicted octanol–water partition coefficient (Wildman–Crippen LogP) is 12.9. The van der Waals surface area contributed by atoms with Crippen LogP contribution in [0.25, 0.3) is 65.4 Å². The van der Waals surface area contributed by atoms with E-state index in [9.17, 15) is 24.6 Å². The lowest BCUT2D eigenvalue weighted by Crippen LogP contribution is -2.05. The molecule has 14 nitrogen and oxygen atoms in total. The highest BCUT2D eigenvalue weighted by atomic mass is 32.2. The number of nitrogens with one attached hydrogen (secondary N) is 3. The molecule has 0 radical (unpaired) electrons. The van der Waals surface area contributed by atoms with E-state index in [0.29, 0.717) is 23.8 Å². The number of rotatable bonds is 15. The van der Waals surface area contributed by atoms with Gasteiger partial charge in [-0.15, -0.1) is 0 Å². The van der Waals surface area contributed by atoms with Crippen LogP contribution in [0.3, 0.4) is 0 Å². The molecule has 0 amide bonds. The van der Waals surface area contributed by atoms with E-state index in [1.807, 2.05) is 70.6 Å². The van der Waals surface area contributed by atoms with Gasteiger partial charge in [-0.3, -0.25) is 0 Å². The van der Waals surface area contributed by atoms with Gasteiger partial charge >= 0.3 is 17.9 Å². The molecule has 0 spiro atoms. The predicted molar refractivity (Wildman–Crippen MR) is 272 cm³/mol. The number of fused-ring (bicyclic) bond motifs is 9. The standard InChI is InChI=1S/2C18H20N2O3.C17H18N2O2S/c1-4-12-16-13-8-11(10(3)23-5-2)6-7-14(13)20-15(16)9-19-17(12)18(21)22;1-3-4-7-23-11(2)12-5-6-15-13(8-12)14-9-16(18(21)22)19-10-17(14)20-15;1-4-22-10(3)11-5-6-13-12(7-11)15-9(2)16(17(20)21)18-8-14(15)19-13/h6-10,20H,4-5H2,1-3H3,(H,21,22);5-6,8-11,20H,3-4,7H2,1-2H3,(H,21,22);5-8,10,19H,4H2,1-3H3,(H,20,21). The maximum absolute atomic E-state index is 11.4. The van der Waals surface area contributed by atoms with Gasteiger partial charge in [-0.1, -0.05) is 45.4 Å². The molecule has 0 aliphatic heterocycles. The van der Waals surface area contributed by atoms with Gasteiger partial charge < -0.3 is 39.7 Å². The summed E-state index contributed by atoms with van der Waals surface area (Å²) in [6.45, 7) is 17.7. The summed E-state index contributed by atoms with van der Waals surface area (Å²) < 4.78 is 11.5. The van der Waals surface area contributed by atoms with Crippen molar-refractivity contribution in [2.45, 2.75) is 92.1 Å². The minimum Gasteiger partial charge on any atom is -0.477 e. The Morgan fingerprint density at radius 3 is 1.71 bits per heavy atom. The topological polar surface area (TPSA) is 216 Å². The Kier molecular flexibility index (Phi) is 15.5. The molecule has 68 heavy (non-hydrogen) atoms. The molecule has 0 aliphatic rings. The maximum Gasteiger partial charge on any atom is 0.354 e. The van der Waals surface area contributed by atoms with E-state index in [0.717, 1.165) is 107 Å². The first-order chi connectivity index (χ1) is 32.7. The average Bonchev–Trinajstić information content (AvgIpc) is 4.02. The number of carboxylic acid groups (broad SMARTS) is 3. The van der Waals surface area contributed by atoms with Crippen LogP contribution in [0, 0.1) is 6.92 Å². The Bertz CT molecular complexity index is 3300. The lowest BCUT2D eigenvalue weighted by molar-refractivity contribution is 0.0637. The third-order valence-electron chi connectivity index (χ3n) is 12.3. The van der Waals surface area contributed by atoms with Gasteiger partial charge in [0.05, 0.1) is 47.3 Å². The largest absolute Gasteiger partial charge is 0.477 e. The van der Waals surface area contributed by atoms with Crippen molar-refractivity contribution in [2.24, 2.45) is 0 Å². The zero-order valence-electron chi connectivity index (χ0n) is 39.6. The van der Waals surface area contributed by atoms with E-state index in [-0.39, 0.29) is 29.3 Å². The number of pyridine rings is 3. The van der Waals surface area contributed by atoms with Crippen molar-refractivity contribution in [2.75, 3.05) is 19.0 Å². The number of nitrogens with zero attached hydrogens (tertiary/aromatic N) is 3. The van der Waals surface area contributed by atoms with E-state index in [1.165, 1.54) is 5.56 Å². The highest BCUT2D eigenvalue weighted by molar-refractivity contribution is 7.99. The summed E-state index contributed by atoms with van der Waals surface area (Å²) in [5.74, 6) is -1.93. The summed E-state index contributed by atoms with van der Waals surface area (Å²) in [7, 11) is 0. The fourth-order valence-electron chi connectivity index (χ4n) is 8.68. The van der Waals surface area contributed by atoms with Gasteiger partial charge in [-0.2, -0.15) is 11.8 Å². The molecule has 3 unspecified atom stereocenters. The first-order valence-electron chi connectivity index (χ1n) is 23.0. The summed E-state index contributed by atoms with van der Waals surface area (Å²) in [6, 6.07) is 20.2. The lowest BCUT2D eigenvalue weighted by Gasteiger charge is -2.13. The number of aromatic nitrogens is 6. The molecule has 3 aromatic carbocycles. The van der Waals surface area contributed by atoms with Crippen LogP contribution in [0.5, 0.6) is 0 Å². The Hall–Kier alpha value is -6.81. The zero-order valence-corrected chi connectivity index (χ0v) is 40.4. The molecule has 6 N–H and O–H groups in total. The number of hydrogen-bond acceptors (Lipinski definition) is 9. The van der Waals surface area contributed by atoms with Crippen molar-refractivity contribution in [3.8, 4) is 0 Å². The molecule has 0 saturated carbocycles. The fourth-order valence-corrected chi connectivity index (χ4v) is 9.52. The van der Waals surface area contributed by atoms with Crippen LogP contribution in [-0.2, 0) is 15.9 Å². The van der Waals surface area contributed by atoms with Gasteiger partial charge in [0.15, 0.2) is 11.4 Å². The van der Waals surface area contributed by atoms with Crippen LogP contribution in [0.1, 0.15) is 138 Å². The summed E-state index contributed by atoms with van der Waals surface area (Å²) in [6.07, 6.45) is 7.56. The molecule has 354 valence electrons. The first-order valence-corrected chi connectivity index (χ1v) is 24.0. The number of aromatic amines is 3. The number of aryl methyl sites for hydroxylation is 2. The molecule has 0 bridgehead atoms. The van der Waals surface area contributed by atoms with Gasteiger partial charge in [0.1, 0.15) is 5.69 Å². The number of thioether (sulfide) groups is 1. The highest BCUT2D eigenvalue weighted by Crippen LogP contribution is 2.36. The van der Waals surface area contributed by atoms with Crippen LogP contribution in [0.2, 0.25) is 0 Å².